The molecule has 1 aromatic carbocycles. The van der Waals surface area contributed by atoms with Gasteiger partial charge < -0.3 is 15.2 Å². The smallest absolute Gasteiger partial charge is 0.303 e. The molecule has 0 saturated carbocycles. The molecule has 0 aliphatic heterocycles. The van der Waals surface area contributed by atoms with E-state index in [2.05, 4.69) is 10.3 Å². The van der Waals surface area contributed by atoms with E-state index in [9.17, 15) is 4.79 Å². The first kappa shape index (κ1) is 12.6. The summed E-state index contributed by atoms with van der Waals surface area (Å²) in [6.45, 7) is 0.606. The SMILES string of the molecule is COc1cccc2sc(NCCCC(=O)O)nc12. The lowest BCUT2D eigenvalue weighted by Crippen LogP contribution is -2.04. The number of nitrogens with one attached hydrogen (secondary N) is 1. The van der Waals surface area contributed by atoms with Gasteiger partial charge in [0, 0.05) is 13.0 Å². The number of rotatable bonds is 6. The second kappa shape index (κ2) is 5.68. The van der Waals surface area contributed by atoms with Crippen LogP contribution in [0.5, 0.6) is 5.75 Å². The highest BCUT2D eigenvalue weighted by atomic mass is 32.1. The molecule has 0 fully saturated rings. The van der Waals surface area contributed by atoms with Crippen LogP contribution in [0, 0.1) is 0 Å². The summed E-state index contributed by atoms with van der Waals surface area (Å²) in [5.41, 5.74) is 0.839. The maximum Gasteiger partial charge on any atom is 0.303 e. The Balaban J connectivity index is 2.04. The minimum absolute atomic E-state index is 0.168. The van der Waals surface area contributed by atoms with Gasteiger partial charge in [-0.05, 0) is 18.6 Å². The molecule has 2 rings (SSSR count). The van der Waals surface area contributed by atoms with Gasteiger partial charge in [-0.2, -0.15) is 0 Å². The zero-order valence-electron chi connectivity index (χ0n) is 9.97. The summed E-state index contributed by atoms with van der Waals surface area (Å²) in [5.74, 6) is -0.0231. The van der Waals surface area contributed by atoms with E-state index in [0.717, 1.165) is 21.1 Å². The van der Waals surface area contributed by atoms with Crippen molar-refractivity contribution in [1.82, 2.24) is 4.98 Å². The fraction of sp³-hybridized carbons (Fsp3) is 0.333. The van der Waals surface area contributed by atoms with Crippen LogP contribution in [0.15, 0.2) is 18.2 Å². The zero-order chi connectivity index (χ0) is 13.0. The molecular weight excluding hydrogens is 252 g/mol. The molecule has 18 heavy (non-hydrogen) atoms. The van der Waals surface area contributed by atoms with Gasteiger partial charge in [-0.25, -0.2) is 4.98 Å². The molecular formula is C12H14N2O3S. The number of aliphatic carboxylic acids is 1. The normalized spacial score (nSPS) is 10.5. The van der Waals surface area contributed by atoms with Crippen LogP contribution in [0.2, 0.25) is 0 Å². The summed E-state index contributed by atoms with van der Waals surface area (Å²) in [6, 6.07) is 5.78. The van der Waals surface area contributed by atoms with E-state index in [1.807, 2.05) is 18.2 Å². The first-order valence-electron chi connectivity index (χ1n) is 5.60. The number of carboxylic acid groups (broad SMARTS) is 1. The standard InChI is InChI=1S/C12H14N2O3S/c1-17-8-4-2-5-9-11(8)14-12(18-9)13-7-3-6-10(15)16/h2,4-5H,3,6-7H2,1H3,(H,13,14)(H,15,16). The van der Waals surface area contributed by atoms with Gasteiger partial charge in [0.25, 0.3) is 0 Å². The number of carbonyl (C=O) groups is 1. The zero-order valence-corrected chi connectivity index (χ0v) is 10.8. The van der Waals surface area contributed by atoms with Crippen LogP contribution in [0.4, 0.5) is 5.13 Å². The van der Waals surface area contributed by atoms with E-state index in [0.29, 0.717) is 13.0 Å². The van der Waals surface area contributed by atoms with E-state index in [-0.39, 0.29) is 6.42 Å². The number of para-hydroxylation sites is 1. The minimum Gasteiger partial charge on any atom is -0.494 e. The van der Waals surface area contributed by atoms with Crippen molar-refractivity contribution < 1.29 is 14.6 Å². The van der Waals surface area contributed by atoms with Gasteiger partial charge in [-0.1, -0.05) is 17.4 Å². The lowest BCUT2D eigenvalue weighted by molar-refractivity contribution is -0.137. The van der Waals surface area contributed by atoms with Crippen LogP contribution in [-0.4, -0.2) is 29.7 Å². The van der Waals surface area contributed by atoms with Gasteiger partial charge in [0.15, 0.2) is 5.13 Å². The molecule has 2 N–H and O–H groups in total. The van der Waals surface area contributed by atoms with Crippen molar-refractivity contribution in [3.8, 4) is 5.75 Å². The molecule has 2 aromatic rings. The van der Waals surface area contributed by atoms with Gasteiger partial charge in [0.2, 0.25) is 0 Å². The number of benzene rings is 1. The molecule has 0 saturated heterocycles. The number of methoxy groups -OCH3 is 1. The fourth-order valence-corrected chi connectivity index (χ4v) is 2.51. The molecule has 0 amide bonds. The molecule has 0 bridgehead atoms. The van der Waals surface area contributed by atoms with Gasteiger partial charge in [0.05, 0.1) is 11.8 Å². The minimum atomic E-state index is -0.775. The number of aromatic nitrogens is 1. The summed E-state index contributed by atoms with van der Waals surface area (Å²) in [6.07, 6.45) is 0.754. The third-order valence-corrected chi connectivity index (χ3v) is 3.42. The highest BCUT2D eigenvalue weighted by molar-refractivity contribution is 7.22. The van der Waals surface area contributed by atoms with E-state index < -0.39 is 5.97 Å². The maximum atomic E-state index is 10.4. The maximum absolute atomic E-state index is 10.4. The second-order valence-corrected chi connectivity index (χ2v) is 4.78. The van der Waals surface area contributed by atoms with Crippen molar-refractivity contribution in [2.45, 2.75) is 12.8 Å². The quantitative estimate of drug-likeness (QED) is 0.786. The van der Waals surface area contributed by atoms with Crippen molar-refractivity contribution in [3.63, 3.8) is 0 Å². The van der Waals surface area contributed by atoms with Gasteiger partial charge in [-0.3, -0.25) is 4.79 Å². The number of hydrogen-bond acceptors (Lipinski definition) is 5. The van der Waals surface area contributed by atoms with E-state index in [4.69, 9.17) is 9.84 Å². The Morgan fingerprint density at radius 1 is 1.56 bits per heavy atom. The third kappa shape index (κ3) is 2.89. The number of hydrogen-bond donors (Lipinski definition) is 2. The fourth-order valence-electron chi connectivity index (χ4n) is 1.60. The van der Waals surface area contributed by atoms with Crippen molar-refractivity contribution in [2.75, 3.05) is 19.0 Å². The molecule has 0 aliphatic carbocycles. The first-order chi connectivity index (χ1) is 8.70. The van der Waals surface area contributed by atoms with Crippen LogP contribution in [-0.2, 0) is 4.79 Å². The van der Waals surface area contributed by atoms with E-state index in [1.165, 1.54) is 11.3 Å². The molecule has 0 aliphatic rings. The number of thiazole rings is 1. The third-order valence-electron chi connectivity index (χ3n) is 2.45. The topological polar surface area (TPSA) is 71.5 Å². The molecule has 0 radical (unpaired) electrons. The van der Waals surface area contributed by atoms with Gasteiger partial charge in [-0.15, -0.1) is 0 Å². The van der Waals surface area contributed by atoms with Gasteiger partial charge in [0.1, 0.15) is 11.3 Å². The average Bonchev–Trinajstić information content (AvgIpc) is 2.76. The summed E-state index contributed by atoms with van der Waals surface area (Å²) in [5, 5.41) is 12.5. The molecule has 96 valence electrons. The number of fused-ring (bicyclic) bond motifs is 1. The highest BCUT2D eigenvalue weighted by Gasteiger charge is 2.07. The Morgan fingerprint density at radius 2 is 2.39 bits per heavy atom. The van der Waals surface area contributed by atoms with Crippen LogP contribution in [0.3, 0.4) is 0 Å². The molecule has 1 aromatic heterocycles. The molecule has 0 unspecified atom stereocenters. The summed E-state index contributed by atoms with van der Waals surface area (Å²) in [4.78, 5) is 14.8. The molecule has 0 atom stereocenters. The van der Waals surface area contributed by atoms with Crippen LogP contribution in [0.25, 0.3) is 10.2 Å². The molecule has 6 heteroatoms. The molecule has 0 spiro atoms. The number of nitrogens with zero attached hydrogens (tertiary/aromatic N) is 1. The van der Waals surface area contributed by atoms with Crippen LogP contribution in [0.1, 0.15) is 12.8 Å². The Kier molecular flexibility index (Phi) is 3.99. The largest absolute Gasteiger partial charge is 0.494 e. The lowest BCUT2D eigenvalue weighted by Gasteiger charge is -1.99. The number of ether oxygens (including phenoxy) is 1. The second-order valence-electron chi connectivity index (χ2n) is 3.75. The predicted octanol–water partition coefficient (Wildman–Crippen LogP) is 2.58. The van der Waals surface area contributed by atoms with Crippen molar-refractivity contribution in [3.05, 3.63) is 18.2 Å². The number of anilines is 1. The molecule has 5 nitrogen and oxygen atoms in total. The lowest BCUT2D eigenvalue weighted by atomic mass is 10.3. The van der Waals surface area contributed by atoms with Crippen molar-refractivity contribution in [1.29, 1.82) is 0 Å². The Bertz CT molecular complexity index is 553. The van der Waals surface area contributed by atoms with Crippen LogP contribution < -0.4 is 10.1 Å². The van der Waals surface area contributed by atoms with E-state index in [1.54, 1.807) is 7.11 Å². The Morgan fingerprint density at radius 3 is 3.11 bits per heavy atom. The van der Waals surface area contributed by atoms with E-state index >= 15 is 0 Å². The Labute approximate surface area is 108 Å². The highest BCUT2D eigenvalue weighted by Crippen LogP contribution is 2.31. The number of carboxylic acids is 1. The monoisotopic (exact) mass is 266 g/mol. The summed E-state index contributed by atoms with van der Waals surface area (Å²) in [7, 11) is 1.62. The average molecular weight is 266 g/mol. The Hall–Kier alpha value is -1.82. The van der Waals surface area contributed by atoms with Crippen molar-refractivity contribution in [2.24, 2.45) is 0 Å². The first-order valence-corrected chi connectivity index (χ1v) is 6.41. The summed E-state index contributed by atoms with van der Waals surface area (Å²) < 4.78 is 6.29. The van der Waals surface area contributed by atoms with Crippen LogP contribution >= 0.6 is 11.3 Å². The van der Waals surface area contributed by atoms with Crippen molar-refractivity contribution >= 4 is 32.7 Å². The predicted molar refractivity (Wildman–Crippen MR) is 71.5 cm³/mol. The summed E-state index contributed by atoms with van der Waals surface area (Å²) >= 11 is 1.54. The van der Waals surface area contributed by atoms with Gasteiger partial charge >= 0.3 is 5.97 Å². The molecule has 1 heterocycles.